The second kappa shape index (κ2) is 15.0. The molecule has 0 aliphatic carbocycles. The van der Waals surface area contributed by atoms with Crippen molar-refractivity contribution >= 4 is 16.9 Å². The van der Waals surface area contributed by atoms with Crippen LogP contribution in [0.1, 0.15) is 56.0 Å². The van der Waals surface area contributed by atoms with E-state index < -0.39 is 23.4 Å². The van der Waals surface area contributed by atoms with E-state index in [0.29, 0.717) is 28.8 Å². The molecule has 2 aromatic heterocycles. The zero-order valence-electron chi connectivity index (χ0n) is 29.4. The third-order valence-electron chi connectivity index (χ3n) is 9.95. The molecule has 3 heterocycles. The van der Waals surface area contributed by atoms with Gasteiger partial charge in [0.15, 0.2) is 17.1 Å². The van der Waals surface area contributed by atoms with Crippen molar-refractivity contribution in [3.05, 3.63) is 135 Å². The van der Waals surface area contributed by atoms with Gasteiger partial charge in [0.25, 0.3) is 0 Å². The fourth-order valence-electron chi connectivity index (χ4n) is 6.98. The van der Waals surface area contributed by atoms with Crippen LogP contribution in [0.15, 0.2) is 95.9 Å². The highest BCUT2D eigenvalue weighted by Crippen LogP contribution is 2.31. The van der Waals surface area contributed by atoms with Gasteiger partial charge in [-0.05, 0) is 99.0 Å². The molecule has 1 aliphatic rings. The minimum absolute atomic E-state index is 0.0233. The molecule has 11 heteroatoms. The topological polar surface area (TPSA) is 58.4 Å². The van der Waals surface area contributed by atoms with Crippen LogP contribution < -0.4 is 5.43 Å². The van der Waals surface area contributed by atoms with Gasteiger partial charge in [-0.25, -0.2) is 13.8 Å². The van der Waals surface area contributed by atoms with Crippen molar-refractivity contribution in [3.8, 4) is 11.1 Å². The number of carbonyl (C=O) groups excluding carboxylic acids is 1. The Morgan fingerprint density at radius 3 is 2.15 bits per heavy atom. The first-order valence-electron chi connectivity index (χ1n) is 17.4. The predicted molar refractivity (Wildman–Crippen MR) is 192 cm³/mol. The molecule has 0 radical (unpaired) electrons. The molecule has 0 N–H and O–H groups in total. The summed E-state index contributed by atoms with van der Waals surface area (Å²) in [6.45, 7) is 8.27. The Labute approximate surface area is 299 Å². The second-order valence-corrected chi connectivity index (χ2v) is 14.4. The molecule has 52 heavy (non-hydrogen) atoms. The number of pyridine rings is 2. The number of aryl methyl sites for hydroxylation is 2. The summed E-state index contributed by atoms with van der Waals surface area (Å²) >= 11 is 0. The van der Waals surface area contributed by atoms with E-state index in [4.69, 9.17) is 0 Å². The molecule has 0 saturated carbocycles. The van der Waals surface area contributed by atoms with Crippen LogP contribution in [0.4, 0.5) is 22.0 Å². The molecule has 0 atom stereocenters. The molecular formula is C41H41F5N4O2. The van der Waals surface area contributed by atoms with Crippen LogP contribution in [0.25, 0.3) is 22.2 Å². The van der Waals surface area contributed by atoms with E-state index in [2.05, 4.69) is 30.7 Å². The Hall–Kier alpha value is -4.90. The smallest absolute Gasteiger partial charge is 0.334 e. The zero-order chi connectivity index (χ0) is 37.2. The highest BCUT2D eigenvalue weighted by molar-refractivity contribution is 5.81. The molecule has 1 aliphatic heterocycles. The van der Waals surface area contributed by atoms with Crippen LogP contribution in [0.2, 0.25) is 0 Å². The number of fused-ring (bicyclic) bond motifs is 1. The molecular weight excluding hydrogens is 675 g/mol. The number of piperidine rings is 1. The molecule has 1 fully saturated rings. The van der Waals surface area contributed by atoms with Crippen molar-refractivity contribution in [2.24, 2.45) is 0 Å². The van der Waals surface area contributed by atoms with Crippen LogP contribution in [0.5, 0.6) is 0 Å². The largest absolute Gasteiger partial charge is 0.416 e. The average Bonchev–Trinajstić information content (AvgIpc) is 3.12. The Balaban J connectivity index is 1.30. The summed E-state index contributed by atoms with van der Waals surface area (Å²) in [5, 5.41) is 0.347. The van der Waals surface area contributed by atoms with Crippen molar-refractivity contribution in [2.75, 3.05) is 13.1 Å². The highest BCUT2D eigenvalue weighted by Gasteiger charge is 2.33. The molecule has 0 unspecified atom stereocenters. The summed E-state index contributed by atoms with van der Waals surface area (Å²) in [6, 6.07) is 21.1. The second-order valence-electron chi connectivity index (χ2n) is 14.4. The summed E-state index contributed by atoms with van der Waals surface area (Å²) in [6.07, 6.45) is -1.08. The third-order valence-corrected chi connectivity index (χ3v) is 9.95. The van der Waals surface area contributed by atoms with Gasteiger partial charge in [-0.1, -0.05) is 48.5 Å². The molecule has 1 amide bonds. The normalized spacial score (nSPS) is 14.5. The Kier molecular flexibility index (Phi) is 10.6. The number of likely N-dealkylation sites (tertiary alicyclic amines) is 1. The Morgan fingerprint density at radius 1 is 0.865 bits per heavy atom. The highest BCUT2D eigenvalue weighted by atomic mass is 19.4. The molecule has 0 spiro atoms. The molecule has 1 saturated heterocycles. The van der Waals surface area contributed by atoms with Gasteiger partial charge < -0.3 is 9.47 Å². The number of rotatable bonds is 9. The average molecular weight is 717 g/mol. The minimum atomic E-state index is -4.42. The van der Waals surface area contributed by atoms with Gasteiger partial charge >= 0.3 is 6.18 Å². The van der Waals surface area contributed by atoms with Gasteiger partial charge in [-0.3, -0.25) is 14.5 Å². The lowest BCUT2D eigenvalue weighted by molar-refractivity contribution is -0.138. The fraction of sp³-hybridized carbons (Fsp3) is 0.341. The van der Waals surface area contributed by atoms with E-state index in [9.17, 15) is 31.5 Å². The first-order chi connectivity index (χ1) is 24.7. The quantitative estimate of drug-likeness (QED) is 0.144. The van der Waals surface area contributed by atoms with Gasteiger partial charge in [0, 0.05) is 49.2 Å². The number of nitrogens with zero attached hydrogens (tertiary/aromatic N) is 4. The van der Waals surface area contributed by atoms with E-state index in [1.807, 2.05) is 29.2 Å². The van der Waals surface area contributed by atoms with Crippen molar-refractivity contribution < 1.29 is 26.7 Å². The van der Waals surface area contributed by atoms with Crippen molar-refractivity contribution in [1.82, 2.24) is 19.4 Å². The first-order valence-corrected chi connectivity index (χ1v) is 17.4. The maximum atomic E-state index is 14.6. The SMILES string of the molecule is CC(C)(C)N1CCC(N(Cc2ccc(-c3ccc(C(F)(F)F)cc3)cc2)C(=O)Cn2c(CCc3cccc(F)c3F)cc(=O)c3cccnc32)CC1. The number of hydrogen-bond acceptors (Lipinski definition) is 4. The Bertz CT molecular complexity index is 2100. The number of benzene rings is 3. The summed E-state index contributed by atoms with van der Waals surface area (Å²) in [5.41, 5.74) is 2.22. The maximum absolute atomic E-state index is 14.6. The number of carbonyl (C=O) groups is 1. The monoisotopic (exact) mass is 716 g/mol. The van der Waals surface area contributed by atoms with Gasteiger partial charge in [-0.15, -0.1) is 0 Å². The van der Waals surface area contributed by atoms with Crippen LogP contribution >= 0.6 is 0 Å². The molecule has 6 nitrogen and oxygen atoms in total. The molecule has 3 aromatic carbocycles. The molecule has 5 aromatic rings. The van der Waals surface area contributed by atoms with E-state index >= 15 is 0 Å². The standard InChI is InChI=1S/C41H41F5N4O2/c1-40(2,3)48-22-19-32(20-23-48)49(25-27-9-11-28(12-10-27)29-13-16-31(17-14-29)41(44,45)46)37(52)26-50-33(18-15-30-6-4-8-35(42)38(30)43)24-36(51)34-7-5-21-47-39(34)50/h4-14,16-17,21,24,32H,15,18-20,22-23,25-26H2,1-3H3. The van der Waals surface area contributed by atoms with Crippen molar-refractivity contribution in [2.45, 2.75) is 77.3 Å². The summed E-state index contributed by atoms with van der Waals surface area (Å²) in [7, 11) is 0. The third kappa shape index (κ3) is 8.25. The number of alkyl halides is 3. The van der Waals surface area contributed by atoms with Crippen LogP contribution in [0, 0.1) is 11.6 Å². The number of halogens is 5. The molecule has 0 bridgehead atoms. The van der Waals surface area contributed by atoms with E-state index in [-0.39, 0.29) is 47.9 Å². The molecule has 6 rings (SSSR count). The van der Waals surface area contributed by atoms with Gasteiger partial charge in [-0.2, -0.15) is 13.2 Å². The van der Waals surface area contributed by atoms with Crippen molar-refractivity contribution in [3.63, 3.8) is 0 Å². The maximum Gasteiger partial charge on any atom is 0.416 e. The van der Waals surface area contributed by atoms with Crippen LogP contribution in [-0.2, 0) is 36.9 Å². The van der Waals surface area contributed by atoms with E-state index in [0.717, 1.165) is 55.3 Å². The van der Waals surface area contributed by atoms with Gasteiger partial charge in [0.2, 0.25) is 5.91 Å². The fourth-order valence-corrected chi connectivity index (χ4v) is 6.98. The van der Waals surface area contributed by atoms with Gasteiger partial charge in [0.05, 0.1) is 10.9 Å². The summed E-state index contributed by atoms with van der Waals surface area (Å²) < 4.78 is 69.6. The first kappa shape index (κ1) is 36.9. The zero-order valence-corrected chi connectivity index (χ0v) is 29.4. The number of aromatic nitrogens is 2. The predicted octanol–water partition coefficient (Wildman–Crippen LogP) is 8.44. The summed E-state index contributed by atoms with van der Waals surface area (Å²) in [4.78, 5) is 36.4. The minimum Gasteiger partial charge on any atom is -0.334 e. The Morgan fingerprint density at radius 2 is 1.52 bits per heavy atom. The lowest BCUT2D eigenvalue weighted by Gasteiger charge is -2.44. The lowest BCUT2D eigenvalue weighted by Crippen LogP contribution is -2.52. The molecule has 272 valence electrons. The van der Waals surface area contributed by atoms with Gasteiger partial charge in [0.1, 0.15) is 12.2 Å². The number of amides is 1. The lowest BCUT2D eigenvalue weighted by atomic mass is 9.96. The van der Waals surface area contributed by atoms with Crippen LogP contribution in [-0.4, -0.2) is 49.9 Å². The van der Waals surface area contributed by atoms with E-state index in [1.54, 1.807) is 22.9 Å². The van der Waals surface area contributed by atoms with Crippen molar-refractivity contribution in [1.29, 1.82) is 0 Å². The number of hydrogen-bond donors (Lipinski definition) is 0. The summed E-state index contributed by atoms with van der Waals surface area (Å²) in [5.74, 6) is -2.08. The van der Waals surface area contributed by atoms with Crippen LogP contribution in [0.3, 0.4) is 0 Å². The van der Waals surface area contributed by atoms with E-state index in [1.165, 1.54) is 30.3 Å².